The van der Waals surface area contributed by atoms with Crippen LogP contribution in [0.3, 0.4) is 0 Å². The Bertz CT molecular complexity index is 442. The average molecular weight is 238 g/mol. The largest absolute Gasteiger partial charge is 0.392 e. The van der Waals surface area contributed by atoms with Crippen LogP contribution in [0.2, 0.25) is 0 Å². The van der Waals surface area contributed by atoms with E-state index in [4.69, 9.17) is 5.11 Å². The zero-order valence-corrected chi connectivity index (χ0v) is 8.45. The van der Waals surface area contributed by atoms with Crippen LogP contribution in [0, 0.1) is 0 Å². The molecule has 1 heterocycles. The average Bonchev–Trinajstić information content (AvgIpc) is 2.17. The molecule has 66 valence electrons. The normalized spacial score (nSPS) is 10.6. The molecule has 0 atom stereocenters. The monoisotopic (exact) mass is 237 g/mol. The van der Waals surface area contributed by atoms with Crippen LogP contribution in [0.15, 0.2) is 35.1 Å². The van der Waals surface area contributed by atoms with Gasteiger partial charge in [-0.2, -0.15) is 0 Å². The molecule has 0 fully saturated rings. The molecular weight excluding hydrogens is 230 g/mol. The second-order valence-electron chi connectivity index (χ2n) is 2.82. The molecule has 1 aromatic carbocycles. The summed E-state index contributed by atoms with van der Waals surface area (Å²) >= 11 is 3.39. The number of hydrogen-bond acceptors (Lipinski definition) is 2. The Morgan fingerprint density at radius 3 is 2.92 bits per heavy atom. The number of pyridine rings is 1. The number of hydrogen-bond donors (Lipinski definition) is 1. The lowest BCUT2D eigenvalue weighted by Gasteiger charge is -2.02. The van der Waals surface area contributed by atoms with Crippen LogP contribution in [0.5, 0.6) is 0 Å². The number of aromatic nitrogens is 1. The summed E-state index contributed by atoms with van der Waals surface area (Å²) in [5, 5.41) is 11.2. The maximum atomic E-state index is 9.07. The van der Waals surface area contributed by atoms with Gasteiger partial charge in [-0.25, -0.2) is 0 Å². The molecule has 2 rings (SSSR count). The molecule has 0 amide bonds. The number of halogens is 1. The van der Waals surface area contributed by atoms with Crippen LogP contribution < -0.4 is 0 Å². The molecule has 1 aromatic heterocycles. The van der Waals surface area contributed by atoms with Crippen molar-refractivity contribution >= 4 is 26.7 Å². The van der Waals surface area contributed by atoms with Gasteiger partial charge in [0.15, 0.2) is 0 Å². The first-order valence-corrected chi connectivity index (χ1v) is 4.73. The molecule has 0 spiro atoms. The Labute approximate surface area is 84.4 Å². The first-order chi connectivity index (χ1) is 6.31. The molecule has 0 aliphatic heterocycles. The van der Waals surface area contributed by atoms with E-state index in [1.54, 1.807) is 12.4 Å². The van der Waals surface area contributed by atoms with Crippen LogP contribution in [-0.2, 0) is 6.61 Å². The first kappa shape index (κ1) is 8.66. The SMILES string of the molecule is OCc1cncc2ccc(Br)cc12. The van der Waals surface area contributed by atoms with Crippen molar-refractivity contribution in [3.8, 4) is 0 Å². The highest BCUT2D eigenvalue weighted by atomic mass is 79.9. The maximum absolute atomic E-state index is 9.07. The molecular formula is C10H8BrNO. The quantitative estimate of drug-likeness (QED) is 0.827. The minimum Gasteiger partial charge on any atom is -0.392 e. The van der Waals surface area contributed by atoms with Crippen LogP contribution in [0.25, 0.3) is 10.8 Å². The van der Waals surface area contributed by atoms with E-state index < -0.39 is 0 Å². The van der Waals surface area contributed by atoms with Gasteiger partial charge in [0, 0.05) is 27.8 Å². The molecule has 2 nitrogen and oxygen atoms in total. The van der Waals surface area contributed by atoms with Crippen molar-refractivity contribution in [3.05, 3.63) is 40.6 Å². The molecule has 0 unspecified atom stereocenters. The van der Waals surface area contributed by atoms with Crippen molar-refractivity contribution in [3.63, 3.8) is 0 Å². The number of fused-ring (bicyclic) bond motifs is 1. The van der Waals surface area contributed by atoms with Gasteiger partial charge in [-0.1, -0.05) is 22.0 Å². The number of aliphatic hydroxyl groups is 1. The number of benzene rings is 1. The molecule has 0 aliphatic carbocycles. The lowest BCUT2D eigenvalue weighted by atomic mass is 10.1. The molecule has 0 radical (unpaired) electrons. The van der Waals surface area contributed by atoms with Gasteiger partial charge in [0.1, 0.15) is 0 Å². The third-order valence-electron chi connectivity index (χ3n) is 1.98. The predicted molar refractivity (Wildman–Crippen MR) is 55.4 cm³/mol. The van der Waals surface area contributed by atoms with Crippen LogP contribution in [0.4, 0.5) is 0 Å². The fraction of sp³-hybridized carbons (Fsp3) is 0.100. The van der Waals surface area contributed by atoms with E-state index in [0.29, 0.717) is 0 Å². The van der Waals surface area contributed by atoms with E-state index in [2.05, 4.69) is 20.9 Å². The Kier molecular flexibility index (Phi) is 2.29. The Hall–Kier alpha value is -0.930. The summed E-state index contributed by atoms with van der Waals surface area (Å²) in [6, 6.07) is 5.93. The fourth-order valence-electron chi connectivity index (χ4n) is 1.32. The van der Waals surface area contributed by atoms with Crippen LogP contribution in [-0.4, -0.2) is 10.1 Å². The van der Waals surface area contributed by atoms with Gasteiger partial charge in [-0.3, -0.25) is 4.98 Å². The van der Waals surface area contributed by atoms with Gasteiger partial charge in [0.05, 0.1) is 6.61 Å². The third-order valence-corrected chi connectivity index (χ3v) is 2.47. The second kappa shape index (κ2) is 3.44. The van der Waals surface area contributed by atoms with E-state index in [1.807, 2.05) is 18.2 Å². The van der Waals surface area contributed by atoms with Crippen molar-refractivity contribution < 1.29 is 5.11 Å². The summed E-state index contributed by atoms with van der Waals surface area (Å²) in [7, 11) is 0. The van der Waals surface area contributed by atoms with Gasteiger partial charge in [-0.05, 0) is 17.5 Å². The molecule has 1 N–H and O–H groups in total. The van der Waals surface area contributed by atoms with Gasteiger partial charge in [0.2, 0.25) is 0 Å². The van der Waals surface area contributed by atoms with Crippen molar-refractivity contribution in [1.29, 1.82) is 0 Å². The summed E-state index contributed by atoms with van der Waals surface area (Å²) < 4.78 is 1.01. The van der Waals surface area contributed by atoms with Crippen molar-refractivity contribution in [2.24, 2.45) is 0 Å². The van der Waals surface area contributed by atoms with Gasteiger partial charge in [-0.15, -0.1) is 0 Å². The van der Waals surface area contributed by atoms with E-state index in [1.165, 1.54) is 0 Å². The summed E-state index contributed by atoms with van der Waals surface area (Å²) in [6.45, 7) is 0.0286. The molecule has 0 saturated heterocycles. The minimum absolute atomic E-state index is 0.0286. The summed E-state index contributed by atoms with van der Waals surface area (Å²) in [5.41, 5.74) is 0.860. The van der Waals surface area contributed by atoms with Gasteiger partial charge >= 0.3 is 0 Å². The van der Waals surface area contributed by atoms with E-state index in [-0.39, 0.29) is 6.61 Å². The Morgan fingerprint density at radius 1 is 1.31 bits per heavy atom. The third kappa shape index (κ3) is 1.57. The lowest BCUT2D eigenvalue weighted by Crippen LogP contribution is -1.87. The van der Waals surface area contributed by atoms with Crippen LogP contribution >= 0.6 is 15.9 Å². The second-order valence-corrected chi connectivity index (χ2v) is 3.74. The molecule has 0 aliphatic rings. The zero-order chi connectivity index (χ0) is 9.26. The molecule has 3 heteroatoms. The summed E-state index contributed by atoms with van der Waals surface area (Å²) in [5.74, 6) is 0. The van der Waals surface area contributed by atoms with Gasteiger partial charge in [0.25, 0.3) is 0 Å². The lowest BCUT2D eigenvalue weighted by molar-refractivity contribution is 0.283. The van der Waals surface area contributed by atoms with Crippen LogP contribution in [0.1, 0.15) is 5.56 Å². The first-order valence-electron chi connectivity index (χ1n) is 3.94. The molecule has 13 heavy (non-hydrogen) atoms. The number of aliphatic hydroxyl groups excluding tert-OH is 1. The Morgan fingerprint density at radius 2 is 2.15 bits per heavy atom. The molecule has 0 saturated carbocycles. The fourth-order valence-corrected chi connectivity index (χ4v) is 1.68. The van der Waals surface area contributed by atoms with Crippen molar-refractivity contribution in [1.82, 2.24) is 4.98 Å². The number of rotatable bonds is 1. The van der Waals surface area contributed by atoms with E-state index in [9.17, 15) is 0 Å². The van der Waals surface area contributed by atoms with Crippen molar-refractivity contribution in [2.75, 3.05) is 0 Å². The predicted octanol–water partition coefficient (Wildman–Crippen LogP) is 2.49. The summed E-state index contributed by atoms with van der Waals surface area (Å²) in [4.78, 5) is 4.04. The highest BCUT2D eigenvalue weighted by molar-refractivity contribution is 9.10. The minimum atomic E-state index is 0.0286. The summed E-state index contributed by atoms with van der Waals surface area (Å²) in [6.07, 6.45) is 3.48. The molecule has 0 bridgehead atoms. The van der Waals surface area contributed by atoms with Gasteiger partial charge < -0.3 is 5.11 Å². The maximum Gasteiger partial charge on any atom is 0.0702 e. The standard InChI is InChI=1S/C10H8BrNO/c11-9-2-1-7-4-12-5-8(6-13)10(7)3-9/h1-5,13H,6H2. The highest BCUT2D eigenvalue weighted by Crippen LogP contribution is 2.21. The topological polar surface area (TPSA) is 33.1 Å². The Balaban J connectivity index is 2.79. The molecule has 2 aromatic rings. The van der Waals surface area contributed by atoms with Crippen molar-refractivity contribution in [2.45, 2.75) is 6.61 Å². The highest BCUT2D eigenvalue weighted by Gasteiger charge is 2.00. The smallest absolute Gasteiger partial charge is 0.0702 e. The van der Waals surface area contributed by atoms with E-state index >= 15 is 0 Å². The number of nitrogens with zero attached hydrogens (tertiary/aromatic N) is 1. The zero-order valence-electron chi connectivity index (χ0n) is 6.87. The van der Waals surface area contributed by atoms with E-state index in [0.717, 1.165) is 20.8 Å².